The van der Waals surface area contributed by atoms with Gasteiger partial charge in [0.25, 0.3) is 0 Å². The van der Waals surface area contributed by atoms with E-state index in [-0.39, 0.29) is 5.82 Å². The first-order valence-corrected chi connectivity index (χ1v) is 8.40. The van der Waals surface area contributed by atoms with E-state index in [0.29, 0.717) is 39.3 Å². The van der Waals surface area contributed by atoms with Crippen molar-refractivity contribution in [2.45, 2.75) is 13.1 Å². The number of nitrogens with zero attached hydrogens (tertiary/aromatic N) is 2. The number of sulfonamides is 1. The Kier molecular flexibility index (Phi) is 4.74. The molecule has 0 aromatic heterocycles. The summed E-state index contributed by atoms with van der Waals surface area (Å²) >= 11 is 0. The minimum absolute atomic E-state index is 0.271. The molecular weight excluding hydrogens is 281 g/mol. The Morgan fingerprint density at radius 3 is 2.40 bits per heavy atom. The topological polar surface area (TPSA) is 66.6 Å². The summed E-state index contributed by atoms with van der Waals surface area (Å²) in [6, 6.07) is 4.62. The van der Waals surface area contributed by atoms with E-state index in [4.69, 9.17) is 5.73 Å². The first kappa shape index (κ1) is 15.4. The lowest BCUT2D eigenvalue weighted by molar-refractivity contribution is 0.181. The Bertz CT molecular complexity index is 569. The Labute approximate surface area is 119 Å². The van der Waals surface area contributed by atoms with E-state index in [1.165, 1.54) is 22.7 Å². The van der Waals surface area contributed by atoms with Gasteiger partial charge in [0.1, 0.15) is 5.82 Å². The van der Waals surface area contributed by atoms with Gasteiger partial charge in [-0.2, -0.15) is 4.31 Å². The van der Waals surface area contributed by atoms with Crippen LogP contribution in [-0.2, 0) is 23.1 Å². The molecule has 0 spiro atoms. The largest absolute Gasteiger partial charge is 0.326 e. The van der Waals surface area contributed by atoms with Gasteiger partial charge in [-0.25, -0.2) is 12.8 Å². The lowest BCUT2D eigenvalue weighted by Gasteiger charge is -2.33. The molecule has 7 heteroatoms. The van der Waals surface area contributed by atoms with Crippen LogP contribution in [0, 0.1) is 5.82 Å². The zero-order valence-corrected chi connectivity index (χ0v) is 12.4. The van der Waals surface area contributed by atoms with Gasteiger partial charge in [0, 0.05) is 39.3 Å². The molecule has 1 aliphatic heterocycles. The summed E-state index contributed by atoms with van der Waals surface area (Å²) in [5.41, 5.74) is 7.46. The molecule has 1 aromatic rings. The molecule has 0 unspecified atom stereocenters. The van der Waals surface area contributed by atoms with Crippen molar-refractivity contribution in [2.24, 2.45) is 5.73 Å². The van der Waals surface area contributed by atoms with Crippen LogP contribution in [0.15, 0.2) is 18.2 Å². The molecule has 1 fully saturated rings. The van der Waals surface area contributed by atoms with Gasteiger partial charge >= 0.3 is 0 Å². The number of rotatable bonds is 4. The number of benzene rings is 1. The molecule has 0 atom stereocenters. The molecule has 20 heavy (non-hydrogen) atoms. The molecule has 0 radical (unpaired) electrons. The van der Waals surface area contributed by atoms with Crippen molar-refractivity contribution in [3.8, 4) is 0 Å². The third kappa shape index (κ3) is 3.76. The lowest BCUT2D eigenvalue weighted by atomic mass is 10.1. The van der Waals surface area contributed by atoms with Crippen molar-refractivity contribution in [2.75, 3.05) is 32.4 Å². The number of nitrogens with two attached hydrogens (primary N) is 1. The van der Waals surface area contributed by atoms with Crippen LogP contribution in [0.4, 0.5) is 4.39 Å². The van der Waals surface area contributed by atoms with Crippen LogP contribution >= 0.6 is 0 Å². The van der Waals surface area contributed by atoms with Gasteiger partial charge in [-0.3, -0.25) is 4.90 Å². The third-order valence-corrected chi connectivity index (χ3v) is 4.89. The maximum Gasteiger partial charge on any atom is 0.211 e. The van der Waals surface area contributed by atoms with Crippen molar-refractivity contribution in [1.29, 1.82) is 0 Å². The molecule has 112 valence electrons. The van der Waals surface area contributed by atoms with Crippen LogP contribution in [-0.4, -0.2) is 50.1 Å². The summed E-state index contributed by atoms with van der Waals surface area (Å²) in [6.07, 6.45) is 1.22. The minimum atomic E-state index is -3.12. The fraction of sp³-hybridized carbons (Fsp3) is 0.538. The second kappa shape index (κ2) is 6.17. The van der Waals surface area contributed by atoms with Gasteiger partial charge < -0.3 is 5.73 Å². The van der Waals surface area contributed by atoms with E-state index in [0.717, 1.165) is 11.1 Å². The SMILES string of the molecule is CS(=O)(=O)N1CCN(Cc2cc(F)ccc2CN)CC1. The highest BCUT2D eigenvalue weighted by Crippen LogP contribution is 2.15. The Hall–Kier alpha value is -1.02. The molecule has 1 aromatic carbocycles. The van der Waals surface area contributed by atoms with Crippen molar-refractivity contribution in [3.05, 3.63) is 35.1 Å². The van der Waals surface area contributed by atoms with Crippen LogP contribution in [0.3, 0.4) is 0 Å². The molecule has 2 rings (SSSR count). The number of piperazine rings is 1. The van der Waals surface area contributed by atoms with Gasteiger partial charge in [-0.05, 0) is 23.3 Å². The zero-order valence-electron chi connectivity index (χ0n) is 11.5. The minimum Gasteiger partial charge on any atom is -0.326 e. The highest BCUT2D eigenvalue weighted by Gasteiger charge is 2.23. The fourth-order valence-corrected chi connectivity index (χ4v) is 3.23. The summed E-state index contributed by atoms with van der Waals surface area (Å²) in [4.78, 5) is 2.12. The summed E-state index contributed by atoms with van der Waals surface area (Å²) in [6.45, 7) is 3.22. The number of hydrogen-bond acceptors (Lipinski definition) is 4. The van der Waals surface area contributed by atoms with Crippen molar-refractivity contribution < 1.29 is 12.8 Å². The van der Waals surface area contributed by atoms with Crippen LogP contribution < -0.4 is 5.73 Å². The molecule has 0 bridgehead atoms. The predicted octanol–water partition coefficient (Wildman–Crippen LogP) is 0.362. The highest BCUT2D eigenvalue weighted by atomic mass is 32.2. The Morgan fingerprint density at radius 1 is 1.20 bits per heavy atom. The molecule has 1 aliphatic rings. The van der Waals surface area contributed by atoms with E-state index < -0.39 is 10.0 Å². The van der Waals surface area contributed by atoms with Gasteiger partial charge in [0.2, 0.25) is 10.0 Å². The van der Waals surface area contributed by atoms with E-state index >= 15 is 0 Å². The molecule has 0 amide bonds. The van der Waals surface area contributed by atoms with Gasteiger partial charge in [0.15, 0.2) is 0 Å². The third-order valence-electron chi connectivity index (χ3n) is 3.58. The summed E-state index contributed by atoms with van der Waals surface area (Å²) in [7, 11) is -3.12. The van der Waals surface area contributed by atoms with Gasteiger partial charge in [-0.1, -0.05) is 6.07 Å². The maximum absolute atomic E-state index is 13.3. The van der Waals surface area contributed by atoms with Gasteiger partial charge in [-0.15, -0.1) is 0 Å². The second-order valence-electron chi connectivity index (χ2n) is 5.06. The Morgan fingerprint density at radius 2 is 1.85 bits per heavy atom. The predicted molar refractivity (Wildman–Crippen MR) is 76.0 cm³/mol. The second-order valence-corrected chi connectivity index (χ2v) is 7.04. The molecule has 5 nitrogen and oxygen atoms in total. The maximum atomic E-state index is 13.3. The normalized spacial score (nSPS) is 18.4. The summed E-state index contributed by atoms with van der Waals surface area (Å²) in [5.74, 6) is -0.271. The van der Waals surface area contributed by atoms with Crippen LogP contribution in [0.1, 0.15) is 11.1 Å². The van der Waals surface area contributed by atoms with Crippen LogP contribution in [0.2, 0.25) is 0 Å². The fourth-order valence-electron chi connectivity index (χ4n) is 2.40. The average Bonchev–Trinajstić information content (AvgIpc) is 2.38. The van der Waals surface area contributed by atoms with E-state index in [1.807, 2.05) is 0 Å². The quantitative estimate of drug-likeness (QED) is 0.872. The van der Waals surface area contributed by atoms with E-state index in [1.54, 1.807) is 6.07 Å². The standard InChI is InChI=1S/C13H20FN3O2S/c1-20(18,19)17-6-4-16(5-7-17)10-12-8-13(14)3-2-11(12)9-15/h2-3,8H,4-7,9-10,15H2,1H3. The molecule has 0 saturated carbocycles. The van der Waals surface area contributed by atoms with Crippen molar-refractivity contribution in [3.63, 3.8) is 0 Å². The van der Waals surface area contributed by atoms with Crippen molar-refractivity contribution >= 4 is 10.0 Å². The first-order valence-electron chi connectivity index (χ1n) is 6.55. The lowest BCUT2D eigenvalue weighted by Crippen LogP contribution is -2.47. The first-order chi connectivity index (χ1) is 9.40. The van der Waals surface area contributed by atoms with Crippen LogP contribution in [0.25, 0.3) is 0 Å². The zero-order chi connectivity index (χ0) is 14.8. The monoisotopic (exact) mass is 301 g/mol. The van der Waals surface area contributed by atoms with Gasteiger partial charge in [0.05, 0.1) is 6.26 Å². The van der Waals surface area contributed by atoms with E-state index in [2.05, 4.69) is 4.90 Å². The average molecular weight is 301 g/mol. The number of halogens is 1. The molecule has 1 saturated heterocycles. The smallest absolute Gasteiger partial charge is 0.211 e. The summed E-state index contributed by atoms with van der Waals surface area (Å²) in [5, 5.41) is 0. The molecule has 2 N–H and O–H groups in total. The summed E-state index contributed by atoms with van der Waals surface area (Å²) < 4.78 is 37.7. The van der Waals surface area contributed by atoms with E-state index in [9.17, 15) is 12.8 Å². The molecule has 0 aliphatic carbocycles. The molecular formula is C13H20FN3O2S. The highest BCUT2D eigenvalue weighted by molar-refractivity contribution is 7.88. The Balaban J connectivity index is 2.01. The number of hydrogen-bond donors (Lipinski definition) is 1. The van der Waals surface area contributed by atoms with Crippen LogP contribution in [0.5, 0.6) is 0 Å². The van der Waals surface area contributed by atoms with Crippen molar-refractivity contribution in [1.82, 2.24) is 9.21 Å². The molecule has 1 heterocycles.